The highest BCUT2D eigenvalue weighted by atomic mass is 32.2. The van der Waals surface area contributed by atoms with Gasteiger partial charge in [-0.05, 0) is 49.8 Å². The molecule has 1 fully saturated rings. The fourth-order valence-electron chi connectivity index (χ4n) is 3.88. The number of imidazole rings is 1. The van der Waals surface area contributed by atoms with Crippen LogP contribution in [-0.4, -0.2) is 45.0 Å². The second-order valence-corrected chi connectivity index (χ2v) is 8.94. The van der Waals surface area contributed by atoms with Crippen molar-refractivity contribution >= 4 is 15.7 Å². The highest BCUT2D eigenvalue weighted by molar-refractivity contribution is 7.89. The molecule has 0 aromatic carbocycles. The molecular formula is C18H23N5O2S. The van der Waals surface area contributed by atoms with Crippen LogP contribution in [0.3, 0.4) is 0 Å². The number of aryl methyl sites for hydroxylation is 3. The zero-order chi connectivity index (χ0) is 18.5. The van der Waals surface area contributed by atoms with Gasteiger partial charge in [0.2, 0.25) is 10.0 Å². The molecule has 4 heterocycles. The zero-order valence-electron chi connectivity index (χ0n) is 15.3. The molecule has 1 saturated heterocycles. The van der Waals surface area contributed by atoms with Crippen LogP contribution in [0, 0.1) is 13.8 Å². The number of hydrogen-bond donors (Lipinski definition) is 0. The molecule has 0 atom stereocenters. The molecule has 0 aliphatic carbocycles. The van der Waals surface area contributed by atoms with Crippen molar-refractivity contribution in [3.05, 3.63) is 47.7 Å². The molecule has 3 aromatic heterocycles. The maximum Gasteiger partial charge on any atom is 0.246 e. The van der Waals surface area contributed by atoms with Gasteiger partial charge in [0.15, 0.2) is 0 Å². The summed E-state index contributed by atoms with van der Waals surface area (Å²) in [7, 11) is -1.74. The number of pyridine rings is 1. The van der Waals surface area contributed by atoms with Crippen molar-refractivity contribution in [1.29, 1.82) is 0 Å². The first-order valence-electron chi connectivity index (χ1n) is 8.80. The van der Waals surface area contributed by atoms with Crippen LogP contribution >= 0.6 is 0 Å². The topological polar surface area (TPSA) is 72.5 Å². The van der Waals surface area contributed by atoms with E-state index in [2.05, 4.69) is 29.3 Å². The van der Waals surface area contributed by atoms with E-state index in [9.17, 15) is 8.42 Å². The summed E-state index contributed by atoms with van der Waals surface area (Å²) in [4.78, 5) is 4.64. The fourth-order valence-corrected chi connectivity index (χ4v) is 5.55. The van der Waals surface area contributed by atoms with E-state index in [1.54, 1.807) is 35.4 Å². The van der Waals surface area contributed by atoms with Crippen LogP contribution in [0.4, 0.5) is 0 Å². The molecule has 0 saturated carbocycles. The van der Waals surface area contributed by atoms with E-state index in [0.29, 0.717) is 29.6 Å². The van der Waals surface area contributed by atoms with Crippen molar-refractivity contribution in [3.8, 4) is 0 Å². The van der Waals surface area contributed by atoms with Crippen LogP contribution in [-0.2, 0) is 17.1 Å². The van der Waals surface area contributed by atoms with Gasteiger partial charge in [-0.15, -0.1) is 0 Å². The second kappa shape index (κ2) is 6.21. The van der Waals surface area contributed by atoms with Crippen LogP contribution in [0.25, 0.3) is 5.65 Å². The van der Waals surface area contributed by atoms with E-state index in [-0.39, 0.29) is 0 Å². The quantitative estimate of drug-likeness (QED) is 0.706. The minimum atomic E-state index is -3.48. The SMILES string of the molecule is Cc1cc2nccn2cc1C1CCN(S(=O)(=O)c2cn(C)nc2C)CC1. The summed E-state index contributed by atoms with van der Waals surface area (Å²) in [6, 6.07) is 2.09. The number of rotatable bonds is 3. The van der Waals surface area contributed by atoms with Crippen molar-refractivity contribution in [2.45, 2.75) is 37.5 Å². The van der Waals surface area contributed by atoms with Gasteiger partial charge in [-0.2, -0.15) is 9.40 Å². The summed E-state index contributed by atoms with van der Waals surface area (Å²) < 4.78 is 31.0. The number of fused-ring (bicyclic) bond motifs is 1. The summed E-state index contributed by atoms with van der Waals surface area (Å²) in [5.41, 5.74) is 3.99. The number of sulfonamides is 1. The third-order valence-electron chi connectivity index (χ3n) is 5.26. The summed E-state index contributed by atoms with van der Waals surface area (Å²) >= 11 is 0. The normalized spacial score (nSPS) is 17.2. The molecule has 4 rings (SSSR count). The summed E-state index contributed by atoms with van der Waals surface area (Å²) in [6.07, 6.45) is 9.11. The summed E-state index contributed by atoms with van der Waals surface area (Å²) in [5.74, 6) is 0.364. The first-order valence-corrected chi connectivity index (χ1v) is 10.2. The molecule has 0 amide bonds. The van der Waals surface area contributed by atoms with Gasteiger partial charge in [-0.1, -0.05) is 0 Å². The van der Waals surface area contributed by atoms with Crippen LogP contribution < -0.4 is 0 Å². The van der Waals surface area contributed by atoms with Crippen molar-refractivity contribution < 1.29 is 8.42 Å². The van der Waals surface area contributed by atoms with Crippen LogP contribution in [0.5, 0.6) is 0 Å². The minimum Gasteiger partial charge on any atom is -0.307 e. The lowest BCUT2D eigenvalue weighted by Crippen LogP contribution is -2.38. The molecule has 26 heavy (non-hydrogen) atoms. The van der Waals surface area contributed by atoms with Gasteiger partial charge in [-0.25, -0.2) is 13.4 Å². The van der Waals surface area contributed by atoms with E-state index in [4.69, 9.17) is 0 Å². The Morgan fingerprint density at radius 1 is 1.15 bits per heavy atom. The molecule has 0 spiro atoms. The third-order valence-corrected chi connectivity index (χ3v) is 7.26. The number of aromatic nitrogens is 4. The predicted molar refractivity (Wildman–Crippen MR) is 98.6 cm³/mol. The standard InChI is InChI=1S/C18H23N5O2S/c1-13-10-18-19-6-9-22(18)11-16(13)15-4-7-23(8-5-15)26(24,25)17-12-21(3)20-14(17)2/h6,9-12,15H,4-5,7-8H2,1-3H3. The van der Waals surface area contributed by atoms with Crippen molar-refractivity contribution in [2.75, 3.05) is 13.1 Å². The Morgan fingerprint density at radius 3 is 2.54 bits per heavy atom. The van der Waals surface area contributed by atoms with Gasteiger partial charge in [0.25, 0.3) is 0 Å². The van der Waals surface area contributed by atoms with Crippen LogP contribution in [0.2, 0.25) is 0 Å². The van der Waals surface area contributed by atoms with Gasteiger partial charge in [0, 0.05) is 44.9 Å². The van der Waals surface area contributed by atoms with E-state index in [0.717, 1.165) is 18.5 Å². The number of piperidine rings is 1. The highest BCUT2D eigenvalue weighted by Crippen LogP contribution is 2.33. The Labute approximate surface area is 153 Å². The van der Waals surface area contributed by atoms with Crippen LogP contribution in [0.1, 0.15) is 35.6 Å². The molecule has 0 N–H and O–H groups in total. The average Bonchev–Trinajstić information content (AvgIpc) is 3.19. The Kier molecular flexibility index (Phi) is 4.11. The molecule has 3 aromatic rings. The third kappa shape index (κ3) is 2.83. The Hall–Kier alpha value is -2.19. The van der Waals surface area contributed by atoms with Gasteiger partial charge < -0.3 is 4.40 Å². The Bertz CT molecular complexity index is 1060. The van der Waals surface area contributed by atoms with Gasteiger partial charge in [0.05, 0.1) is 5.69 Å². The van der Waals surface area contributed by atoms with Gasteiger partial charge in [-0.3, -0.25) is 4.68 Å². The maximum atomic E-state index is 12.9. The second-order valence-electron chi connectivity index (χ2n) is 7.04. The lowest BCUT2D eigenvalue weighted by atomic mass is 9.89. The molecule has 0 radical (unpaired) electrons. The van der Waals surface area contributed by atoms with Crippen LogP contribution in [0.15, 0.2) is 35.7 Å². The largest absolute Gasteiger partial charge is 0.307 e. The predicted octanol–water partition coefficient (Wildman–Crippen LogP) is 2.25. The number of hydrogen-bond acceptors (Lipinski definition) is 4. The molecular weight excluding hydrogens is 350 g/mol. The van der Waals surface area contributed by atoms with E-state index in [1.807, 2.05) is 10.6 Å². The molecule has 7 nitrogen and oxygen atoms in total. The Balaban J connectivity index is 1.55. The zero-order valence-corrected chi connectivity index (χ0v) is 16.1. The van der Waals surface area contributed by atoms with Crippen molar-refractivity contribution in [1.82, 2.24) is 23.5 Å². The molecule has 8 heteroatoms. The van der Waals surface area contributed by atoms with Gasteiger partial charge >= 0.3 is 0 Å². The molecule has 0 unspecified atom stereocenters. The molecule has 138 valence electrons. The summed E-state index contributed by atoms with van der Waals surface area (Å²) in [5, 5.41) is 4.17. The highest BCUT2D eigenvalue weighted by Gasteiger charge is 2.32. The lowest BCUT2D eigenvalue weighted by molar-refractivity contribution is 0.318. The minimum absolute atomic E-state index is 0.314. The van der Waals surface area contributed by atoms with E-state index >= 15 is 0 Å². The van der Waals surface area contributed by atoms with E-state index in [1.165, 1.54) is 11.1 Å². The van der Waals surface area contributed by atoms with E-state index < -0.39 is 10.0 Å². The molecule has 0 bridgehead atoms. The summed E-state index contributed by atoms with van der Waals surface area (Å²) in [6.45, 7) is 4.90. The lowest BCUT2D eigenvalue weighted by Gasteiger charge is -2.32. The smallest absolute Gasteiger partial charge is 0.246 e. The average molecular weight is 373 g/mol. The maximum absolute atomic E-state index is 12.9. The fraction of sp³-hybridized carbons (Fsp3) is 0.444. The first-order chi connectivity index (χ1) is 12.4. The molecule has 1 aliphatic heterocycles. The number of nitrogens with zero attached hydrogens (tertiary/aromatic N) is 5. The molecule has 1 aliphatic rings. The Morgan fingerprint density at radius 2 is 1.88 bits per heavy atom. The van der Waals surface area contributed by atoms with Crippen molar-refractivity contribution in [3.63, 3.8) is 0 Å². The van der Waals surface area contributed by atoms with Crippen molar-refractivity contribution in [2.24, 2.45) is 7.05 Å². The van der Waals surface area contributed by atoms with Gasteiger partial charge in [0.1, 0.15) is 10.5 Å². The monoisotopic (exact) mass is 373 g/mol. The first kappa shape index (κ1) is 17.2.